The lowest BCUT2D eigenvalue weighted by atomic mass is 10.1. The van der Waals surface area contributed by atoms with Gasteiger partial charge in [-0.3, -0.25) is 4.79 Å². The Labute approximate surface area is 221 Å². The second-order valence-corrected chi connectivity index (χ2v) is 9.60. The maximum absolute atomic E-state index is 12.2. The highest BCUT2D eigenvalue weighted by Gasteiger charge is 2.22. The zero-order valence-corrected chi connectivity index (χ0v) is 23.1. The van der Waals surface area contributed by atoms with Crippen LogP contribution in [0.15, 0.2) is 48.6 Å². The maximum Gasteiger partial charge on any atom is 0.249 e. The van der Waals surface area contributed by atoms with Crippen LogP contribution in [0.25, 0.3) is 0 Å². The minimum atomic E-state index is -1.21. The number of carbonyl (C=O) groups excluding carboxylic acids is 1. The Morgan fingerprint density at radius 2 is 1.22 bits per heavy atom. The number of nitrogens with one attached hydrogen (secondary N) is 1. The van der Waals surface area contributed by atoms with E-state index in [-0.39, 0.29) is 6.42 Å². The van der Waals surface area contributed by atoms with Crippen molar-refractivity contribution in [1.29, 1.82) is 0 Å². The molecule has 208 valence electrons. The van der Waals surface area contributed by atoms with E-state index < -0.39 is 30.8 Å². The fourth-order valence-electron chi connectivity index (χ4n) is 3.77. The molecule has 1 amide bonds. The quantitative estimate of drug-likeness (QED) is 0.0869. The molecule has 0 aromatic carbocycles. The van der Waals surface area contributed by atoms with Crippen LogP contribution in [0.1, 0.15) is 117 Å². The van der Waals surface area contributed by atoms with Crippen LogP contribution in [-0.2, 0) is 4.79 Å². The third-order valence-corrected chi connectivity index (χ3v) is 6.15. The summed E-state index contributed by atoms with van der Waals surface area (Å²) >= 11 is 0. The van der Waals surface area contributed by atoms with Gasteiger partial charge in [0.25, 0.3) is 0 Å². The standard InChI is InChI=1S/C31H55NO4/c1-3-5-7-9-11-13-15-16-18-20-22-24-26-30(35)31(36)32-28(27-33)29(34)25-23-21-19-17-14-12-10-8-6-4-2/h14,16-18,22-25,28-30,33-35H,3-13,15,19-21,26-27H2,1-2H3,(H,32,36)/b17-14+,18-16-,24-22-,25-23+. The van der Waals surface area contributed by atoms with Gasteiger partial charge in [0.2, 0.25) is 5.91 Å². The highest BCUT2D eigenvalue weighted by molar-refractivity contribution is 5.81. The second kappa shape index (κ2) is 26.4. The van der Waals surface area contributed by atoms with E-state index in [2.05, 4.69) is 43.5 Å². The Morgan fingerprint density at radius 3 is 1.89 bits per heavy atom. The molecule has 0 aliphatic heterocycles. The van der Waals surface area contributed by atoms with Crippen LogP contribution in [0.5, 0.6) is 0 Å². The number of hydrogen-bond acceptors (Lipinski definition) is 4. The van der Waals surface area contributed by atoms with Crippen LogP contribution < -0.4 is 5.32 Å². The van der Waals surface area contributed by atoms with E-state index in [0.717, 1.165) is 32.1 Å². The van der Waals surface area contributed by atoms with Gasteiger partial charge in [-0.05, 0) is 44.9 Å². The largest absolute Gasteiger partial charge is 0.394 e. The van der Waals surface area contributed by atoms with Gasteiger partial charge in [0.15, 0.2) is 0 Å². The molecular weight excluding hydrogens is 450 g/mol. The van der Waals surface area contributed by atoms with Gasteiger partial charge in [-0.25, -0.2) is 0 Å². The van der Waals surface area contributed by atoms with Gasteiger partial charge >= 0.3 is 0 Å². The molecule has 0 fully saturated rings. The Bertz CT molecular complexity index is 612. The lowest BCUT2D eigenvalue weighted by Gasteiger charge is -2.21. The zero-order chi connectivity index (χ0) is 26.7. The Kier molecular flexibility index (Phi) is 25.1. The fourth-order valence-corrected chi connectivity index (χ4v) is 3.77. The summed E-state index contributed by atoms with van der Waals surface area (Å²) in [5.41, 5.74) is 0. The molecule has 4 N–H and O–H groups in total. The van der Waals surface area contributed by atoms with Crippen molar-refractivity contribution >= 4 is 5.91 Å². The molecule has 0 saturated carbocycles. The third-order valence-electron chi connectivity index (χ3n) is 6.15. The molecule has 0 aliphatic carbocycles. The number of rotatable bonds is 24. The monoisotopic (exact) mass is 505 g/mol. The predicted octanol–water partition coefficient (Wildman–Crippen LogP) is 6.69. The smallest absolute Gasteiger partial charge is 0.249 e. The minimum Gasteiger partial charge on any atom is -0.394 e. The number of unbranched alkanes of at least 4 members (excludes halogenated alkanes) is 11. The van der Waals surface area contributed by atoms with E-state index in [9.17, 15) is 20.1 Å². The van der Waals surface area contributed by atoms with Crippen LogP contribution in [0.4, 0.5) is 0 Å². The van der Waals surface area contributed by atoms with E-state index in [1.54, 1.807) is 12.2 Å². The van der Waals surface area contributed by atoms with Gasteiger partial charge in [0.1, 0.15) is 6.10 Å². The minimum absolute atomic E-state index is 0.200. The summed E-state index contributed by atoms with van der Waals surface area (Å²) in [6, 6.07) is -0.841. The molecule has 3 atom stereocenters. The molecule has 0 aromatic rings. The summed E-state index contributed by atoms with van der Waals surface area (Å²) in [5.74, 6) is -0.587. The van der Waals surface area contributed by atoms with E-state index >= 15 is 0 Å². The molecule has 0 aromatic heterocycles. The Balaban J connectivity index is 4.05. The van der Waals surface area contributed by atoms with Crippen molar-refractivity contribution in [2.75, 3.05) is 6.61 Å². The van der Waals surface area contributed by atoms with Crippen molar-refractivity contribution < 1.29 is 20.1 Å². The highest BCUT2D eigenvalue weighted by Crippen LogP contribution is 2.08. The number of allylic oxidation sites excluding steroid dienone is 6. The molecule has 0 bridgehead atoms. The molecule has 3 unspecified atom stereocenters. The first-order valence-corrected chi connectivity index (χ1v) is 14.5. The SMILES string of the molecule is CCCCCC/C=C/CC/C=C/C(O)C(CO)NC(=O)C(O)C/C=C\C/C=C\CCCCCCCC. The van der Waals surface area contributed by atoms with Gasteiger partial charge < -0.3 is 20.6 Å². The third kappa shape index (κ3) is 21.6. The van der Waals surface area contributed by atoms with E-state index in [1.165, 1.54) is 64.2 Å². The molecule has 0 aliphatic rings. The second-order valence-electron chi connectivity index (χ2n) is 9.60. The molecular formula is C31H55NO4. The van der Waals surface area contributed by atoms with E-state index in [1.807, 2.05) is 12.2 Å². The van der Waals surface area contributed by atoms with Crippen LogP contribution in [0.3, 0.4) is 0 Å². The number of aliphatic hydroxyl groups is 3. The van der Waals surface area contributed by atoms with Crippen molar-refractivity contribution in [3.8, 4) is 0 Å². The topological polar surface area (TPSA) is 89.8 Å². The van der Waals surface area contributed by atoms with E-state index in [0.29, 0.717) is 0 Å². The Morgan fingerprint density at radius 1 is 0.694 bits per heavy atom. The van der Waals surface area contributed by atoms with Gasteiger partial charge in [0, 0.05) is 6.42 Å². The average molecular weight is 506 g/mol. The van der Waals surface area contributed by atoms with Crippen LogP contribution >= 0.6 is 0 Å². The van der Waals surface area contributed by atoms with Gasteiger partial charge in [0.05, 0.1) is 18.8 Å². The number of amides is 1. The number of hydrogen-bond donors (Lipinski definition) is 4. The molecule has 0 saturated heterocycles. The molecule has 0 radical (unpaired) electrons. The van der Waals surface area contributed by atoms with Crippen molar-refractivity contribution in [3.05, 3.63) is 48.6 Å². The maximum atomic E-state index is 12.2. The van der Waals surface area contributed by atoms with Crippen LogP contribution in [-0.4, -0.2) is 46.1 Å². The Hall–Kier alpha value is -1.69. The first kappa shape index (κ1) is 34.3. The summed E-state index contributed by atoms with van der Waals surface area (Å²) < 4.78 is 0. The van der Waals surface area contributed by atoms with E-state index in [4.69, 9.17) is 0 Å². The summed E-state index contributed by atoms with van der Waals surface area (Å²) in [6.45, 7) is 4.04. The normalized spacial score (nSPS) is 14.9. The van der Waals surface area contributed by atoms with Gasteiger partial charge in [-0.15, -0.1) is 0 Å². The van der Waals surface area contributed by atoms with Crippen molar-refractivity contribution in [1.82, 2.24) is 5.32 Å². The zero-order valence-electron chi connectivity index (χ0n) is 23.1. The van der Waals surface area contributed by atoms with Crippen molar-refractivity contribution in [2.24, 2.45) is 0 Å². The molecule has 0 spiro atoms. The average Bonchev–Trinajstić information content (AvgIpc) is 2.88. The summed E-state index contributed by atoms with van der Waals surface area (Å²) in [7, 11) is 0. The van der Waals surface area contributed by atoms with Gasteiger partial charge in [-0.2, -0.15) is 0 Å². The van der Waals surface area contributed by atoms with Crippen LogP contribution in [0, 0.1) is 0 Å². The summed E-state index contributed by atoms with van der Waals surface area (Å²) in [6.07, 6.45) is 31.4. The predicted molar refractivity (Wildman–Crippen MR) is 153 cm³/mol. The first-order chi connectivity index (χ1) is 17.6. The lowest BCUT2D eigenvalue weighted by Crippen LogP contribution is -2.48. The van der Waals surface area contributed by atoms with Gasteiger partial charge in [-0.1, -0.05) is 114 Å². The fraction of sp³-hybridized carbons (Fsp3) is 0.710. The van der Waals surface area contributed by atoms with Crippen molar-refractivity contribution in [3.63, 3.8) is 0 Å². The highest BCUT2D eigenvalue weighted by atomic mass is 16.3. The van der Waals surface area contributed by atoms with Crippen LogP contribution in [0.2, 0.25) is 0 Å². The molecule has 36 heavy (non-hydrogen) atoms. The number of carbonyl (C=O) groups is 1. The summed E-state index contributed by atoms with van der Waals surface area (Å²) in [4.78, 5) is 12.2. The summed E-state index contributed by atoms with van der Waals surface area (Å²) in [5, 5.41) is 32.5. The number of aliphatic hydroxyl groups excluding tert-OH is 3. The molecule has 0 heterocycles. The first-order valence-electron chi connectivity index (χ1n) is 14.5. The molecule has 5 nitrogen and oxygen atoms in total. The van der Waals surface area contributed by atoms with Crippen molar-refractivity contribution in [2.45, 2.75) is 135 Å². The molecule has 0 rings (SSSR count). The molecule has 5 heteroatoms. The lowest BCUT2D eigenvalue weighted by molar-refractivity contribution is -0.131.